The zero-order chi connectivity index (χ0) is 13.1. The van der Waals surface area contributed by atoms with Gasteiger partial charge in [0.15, 0.2) is 0 Å². The number of hydrogen-bond acceptors (Lipinski definition) is 2. The maximum atomic E-state index is 6.42. The Labute approximate surface area is 108 Å². The molecule has 2 heteroatoms. The fraction of sp³-hybridized carbons (Fsp3) is 1.00. The van der Waals surface area contributed by atoms with Crippen molar-refractivity contribution in [2.24, 2.45) is 5.92 Å². The van der Waals surface area contributed by atoms with Crippen molar-refractivity contribution >= 4 is 0 Å². The van der Waals surface area contributed by atoms with Gasteiger partial charge in [0.2, 0.25) is 0 Å². The van der Waals surface area contributed by atoms with Crippen molar-refractivity contribution in [1.82, 2.24) is 5.32 Å². The Morgan fingerprint density at radius 3 is 2.47 bits per heavy atom. The first-order valence-electron chi connectivity index (χ1n) is 7.16. The first-order valence-corrected chi connectivity index (χ1v) is 7.16. The number of rotatable bonds is 4. The van der Waals surface area contributed by atoms with Gasteiger partial charge in [0.25, 0.3) is 0 Å². The first-order chi connectivity index (χ1) is 7.72. The highest BCUT2D eigenvalue weighted by molar-refractivity contribution is 4.91. The Hall–Kier alpha value is -0.0800. The molecular formula is C15H31NO. The van der Waals surface area contributed by atoms with E-state index in [0.717, 1.165) is 12.5 Å². The van der Waals surface area contributed by atoms with Crippen LogP contribution in [0.25, 0.3) is 0 Å². The van der Waals surface area contributed by atoms with Crippen molar-refractivity contribution in [3.63, 3.8) is 0 Å². The van der Waals surface area contributed by atoms with E-state index in [9.17, 15) is 0 Å². The summed E-state index contributed by atoms with van der Waals surface area (Å²) in [6, 6.07) is 0.535. The average molecular weight is 241 g/mol. The molecule has 0 saturated heterocycles. The second-order valence-corrected chi connectivity index (χ2v) is 7.13. The minimum absolute atomic E-state index is 0.0459. The molecule has 0 aromatic heterocycles. The normalized spacial score (nSPS) is 30.9. The molecule has 0 radical (unpaired) electrons. The molecule has 1 saturated carbocycles. The highest BCUT2D eigenvalue weighted by Gasteiger charge is 2.38. The van der Waals surface area contributed by atoms with Crippen LogP contribution in [0.4, 0.5) is 0 Å². The molecule has 1 fully saturated rings. The van der Waals surface area contributed by atoms with Gasteiger partial charge in [0.05, 0.1) is 11.2 Å². The fourth-order valence-electron chi connectivity index (χ4n) is 2.94. The molecule has 1 rings (SSSR count). The summed E-state index contributed by atoms with van der Waals surface area (Å²) in [7, 11) is 0. The Morgan fingerprint density at radius 1 is 1.35 bits per heavy atom. The van der Waals surface area contributed by atoms with Gasteiger partial charge < -0.3 is 10.1 Å². The Morgan fingerprint density at radius 2 is 2.00 bits per heavy atom. The van der Waals surface area contributed by atoms with Gasteiger partial charge in [-0.05, 0) is 39.5 Å². The summed E-state index contributed by atoms with van der Waals surface area (Å²) in [6.07, 6.45) is 5.06. The van der Waals surface area contributed by atoms with Crippen LogP contribution >= 0.6 is 0 Å². The molecular weight excluding hydrogens is 210 g/mol. The molecule has 0 spiro atoms. The van der Waals surface area contributed by atoms with Crippen molar-refractivity contribution in [1.29, 1.82) is 0 Å². The summed E-state index contributed by atoms with van der Waals surface area (Å²) in [4.78, 5) is 0. The van der Waals surface area contributed by atoms with Gasteiger partial charge in [0.1, 0.15) is 0 Å². The molecule has 2 unspecified atom stereocenters. The van der Waals surface area contributed by atoms with Gasteiger partial charge in [-0.3, -0.25) is 0 Å². The Balaban J connectivity index is 2.69. The van der Waals surface area contributed by atoms with Crippen LogP contribution in [0.5, 0.6) is 0 Å². The number of ether oxygens (including phenoxy) is 1. The van der Waals surface area contributed by atoms with E-state index >= 15 is 0 Å². The third-order valence-corrected chi connectivity index (χ3v) is 3.40. The van der Waals surface area contributed by atoms with Crippen LogP contribution in [0, 0.1) is 5.92 Å². The molecule has 102 valence electrons. The molecule has 2 atom stereocenters. The summed E-state index contributed by atoms with van der Waals surface area (Å²) in [5, 5.41) is 3.57. The molecule has 0 aliphatic heterocycles. The monoisotopic (exact) mass is 241 g/mol. The largest absolute Gasteiger partial charge is 0.368 e. The van der Waals surface area contributed by atoms with E-state index in [4.69, 9.17) is 4.74 Å². The zero-order valence-corrected chi connectivity index (χ0v) is 12.6. The summed E-state index contributed by atoms with van der Waals surface area (Å²) < 4.78 is 6.42. The van der Waals surface area contributed by atoms with E-state index in [0.29, 0.717) is 6.04 Å². The van der Waals surface area contributed by atoms with E-state index in [1.165, 1.54) is 25.7 Å². The lowest BCUT2D eigenvalue weighted by Gasteiger charge is -2.44. The van der Waals surface area contributed by atoms with Crippen LogP contribution in [0.1, 0.15) is 67.2 Å². The highest BCUT2D eigenvalue weighted by Crippen LogP contribution is 2.37. The second kappa shape index (κ2) is 5.71. The Bertz CT molecular complexity index is 232. The van der Waals surface area contributed by atoms with Crippen molar-refractivity contribution in [3.05, 3.63) is 0 Å². The molecule has 2 nitrogen and oxygen atoms in total. The number of nitrogens with one attached hydrogen (secondary N) is 1. The van der Waals surface area contributed by atoms with Gasteiger partial charge in [0, 0.05) is 12.6 Å². The Kier molecular flexibility index (Phi) is 5.03. The molecule has 0 aromatic rings. The third-order valence-electron chi connectivity index (χ3n) is 3.40. The summed E-state index contributed by atoms with van der Waals surface area (Å²) in [5.41, 5.74) is 0.00983. The van der Waals surface area contributed by atoms with Gasteiger partial charge >= 0.3 is 0 Å². The van der Waals surface area contributed by atoms with Crippen molar-refractivity contribution in [3.8, 4) is 0 Å². The molecule has 0 heterocycles. The molecule has 17 heavy (non-hydrogen) atoms. The molecule has 1 aliphatic carbocycles. The van der Waals surface area contributed by atoms with Crippen LogP contribution in [0.3, 0.4) is 0 Å². The minimum atomic E-state index is -0.0459. The molecule has 0 amide bonds. The minimum Gasteiger partial charge on any atom is -0.368 e. The summed E-state index contributed by atoms with van der Waals surface area (Å²) in [5.74, 6) is 0.792. The smallest absolute Gasteiger partial charge is 0.0816 e. The fourth-order valence-corrected chi connectivity index (χ4v) is 2.94. The zero-order valence-electron chi connectivity index (χ0n) is 12.6. The van der Waals surface area contributed by atoms with Crippen LogP contribution in [-0.4, -0.2) is 23.8 Å². The van der Waals surface area contributed by atoms with Gasteiger partial charge in [-0.2, -0.15) is 0 Å². The van der Waals surface area contributed by atoms with Crippen LogP contribution in [0.2, 0.25) is 0 Å². The van der Waals surface area contributed by atoms with Crippen LogP contribution in [-0.2, 0) is 4.74 Å². The van der Waals surface area contributed by atoms with Crippen molar-refractivity contribution < 1.29 is 4.74 Å². The van der Waals surface area contributed by atoms with Crippen molar-refractivity contribution in [2.75, 3.05) is 6.54 Å². The van der Waals surface area contributed by atoms with E-state index in [2.05, 4.69) is 46.9 Å². The van der Waals surface area contributed by atoms with E-state index < -0.39 is 0 Å². The molecule has 1 aliphatic rings. The number of hydrogen-bond donors (Lipinski definition) is 1. The standard InChI is InChI=1S/C15H31NO/c1-12(2)16-11-15(17-14(4,5)6)9-7-8-13(3)10-15/h12-13,16H,7-11H2,1-6H3. The lowest BCUT2D eigenvalue weighted by Crippen LogP contribution is -2.51. The van der Waals surface area contributed by atoms with E-state index in [1.807, 2.05) is 0 Å². The van der Waals surface area contributed by atoms with Gasteiger partial charge in [-0.1, -0.05) is 33.6 Å². The average Bonchev–Trinajstić information content (AvgIpc) is 2.12. The molecule has 1 N–H and O–H groups in total. The SMILES string of the molecule is CC1CCCC(CNC(C)C)(OC(C)(C)C)C1. The summed E-state index contributed by atoms with van der Waals surface area (Å²) >= 11 is 0. The van der Waals surface area contributed by atoms with Gasteiger partial charge in [-0.15, -0.1) is 0 Å². The predicted molar refractivity (Wildman–Crippen MR) is 74.3 cm³/mol. The maximum Gasteiger partial charge on any atom is 0.0816 e. The second-order valence-electron chi connectivity index (χ2n) is 7.13. The van der Waals surface area contributed by atoms with Crippen molar-refractivity contribution in [2.45, 2.75) is 84.5 Å². The molecule has 0 bridgehead atoms. The van der Waals surface area contributed by atoms with E-state index in [1.54, 1.807) is 0 Å². The third kappa shape index (κ3) is 5.39. The lowest BCUT2D eigenvalue weighted by molar-refractivity contribution is -0.153. The van der Waals surface area contributed by atoms with Gasteiger partial charge in [-0.25, -0.2) is 0 Å². The van der Waals surface area contributed by atoms with Crippen LogP contribution < -0.4 is 5.32 Å². The maximum absolute atomic E-state index is 6.42. The highest BCUT2D eigenvalue weighted by atomic mass is 16.5. The quantitative estimate of drug-likeness (QED) is 0.809. The van der Waals surface area contributed by atoms with Crippen LogP contribution in [0.15, 0.2) is 0 Å². The molecule has 0 aromatic carbocycles. The first kappa shape index (κ1) is 15.0. The van der Waals surface area contributed by atoms with E-state index in [-0.39, 0.29) is 11.2 Å². The topological polar surface area (TPSA) is 21.3 Å². The summed E-state index contributed by atoms with van der Waals surface area (Å²) in [6.45, 7) is 14.3. The predicted octanol–water partition coefficient (Wildman–Crippen LogP) is 3.75. The lowest BCUT2D eigenvalue weighted by atomic mass is 9.78.